The number of carbonyl (C=O) groups is 1. The molecule has 0 atom stereocenters. The van der Waals surface area contributed by atoms with Crippen LogP contribution in [0, 0.1) is 5.95 Å². The summed E-state index contributed by atoms with van der Waals surface area (Å²) in [7, 11) is 1.28. The zero-order valence-electron chi connectivity index (χ0n) is 9.96. The van der Waals surface area contributed by atoms with Gasteiger partial charge in [0, 0.05) is 11.5 Å². The normalized spacial score (nSPS) is 10.8. The number of imidazole rings is 1. The van der Waals surface area contributed by atoms with Crippen molar-refractivity contribution in [1.29, 1.82) is 0 Å². The number of hydrogen-bond acceptors (Lipinski definition) is 4. The van der Waals surface area contributed by atoms with Crippen molar-refractivity contribution in [2.24, 2.45) is 0 Å². The molecule has 0 amide bonds. The molecule has 6 heteroatoms. The fourth-order valence-corrected chi connectivity index (χ4v) is 1.90. The number of rotatable bonds is 2. The largest absolute Gasteiger partial charge is 0.463 e. The van der Waals surface area contributed by atoms with E-state index in [1.54, 1.807) is 24.3 Å². The molecule has 96 valence electrons. The number of fused-ring (bicyclic) bond motifs is 1. The molecule has 5 nitrogen and oxygen atoms in total. The highest BCUT2D eigenvalue weighted by Gasteiger charge is 2.15. The maximum atomic E-state index is 13.0. The number of aromatic nitrogens is 2. The van der Waals surface area contributed by atoms with Gasteiger partial charge in [-0.1, -0.05) is 6.07 Å². The minimum Gasteiger partial charge on any atom is -0.463 e. The smallest absolute Gasteiger partial charge is 0.373 e. The van der Waals surface area contributed by atoms with Crippen LogP contribution >= 0.6 is 0 Å². The molecule has 0 aliphatic heterocycles. The lowest BCUT2D eigenvalue weighted by molar-refractivity contribution is 0.0567. The molecule has 0 aliphatic carbocycles. The maximum absolute atomic E-state index is 13.0. The number of nitrogens with zero attached hydrogens (tertiary/aromatic N) is 2. The second-order valence-electron chi connectivity index (χ2n) is 3.89. The van der Waals surface area contributed by atoms with Gasteiger partial charge in [-0.2, -0.15) is 4.39 Å². The first-order valence-electron chi connectivity index (χ1n) is 5.50. The number of hydrogen-bond donors (Lipinski definition) is 0. The van der Waals surface area contributed by atoms with Gasteiger partial charge in [0.1, 0.15) is 11.9 Å². The van der Waals surface area contributed by atoms with Crippen LogP contribution in [-0.4, -0.2) is 22.6 Å². The molecule has 2 heterocycles. The van der Waals surface area contributed by atoms with Gasteiger partial charge in [-0.25, -0.2) is 9.78 Å². The fourth-order valence-electron chi connectivity index (χ4n) is 1.90. The zero-order valence-corrected chi connectivity index (χ0v) is 9.96. The predicted octanol–water partition coefficient (Wildman–Crippen LogP) is 2.54. The van der Waals surface area contributed by atoms with Crippen molar-refractivity contribution in [3.05, 3.63) is 48.5 Å². The van der Waals surface area contributed by atoms with Crippen molar-refractivity contribution in [3.8, 4) is 5.69 Å². The van der Waals surface area contributed by atoms with Crippen LogP contribution in [0.4, 0.5) is 4.39 Å². The first-order chi connectivity index (χ1) is 9.19. The highest BCUT2D eigenvalue weighted by Crippen LogP contribution is 2.26. The van der Waals surface area contributed by atoms with E-state index in [0.717, 1.165) is 0 Å². The van der Waals surface area contributed by atoms with Crippen molar-refractivity contribution < 1.29 is 18.3 Å². The van der Waals surface area contributed by atoms with Gasteiger partial charge < -0.3 is 13.7 Å². The Hall–Kier alpha value is -2.63. The third kappa shape index (κ3) is 1.87. The second-order valence-corrected chi connectivity index (χ2v) is 3.89. The number of benzene rings is 1. The Morgan fingerprint density at radius 2 is 2.32 bits per heavy atom. The quantitative estimate of drug-likeness (QED) is 0.664. The molecular formula is C13H9FN2O3. The summed E-state index contributed by atoms with van der Waals surface area (Å²) in [6.45, 7) is 0. The summed E-state index contributed by atoms with van der Waals surface area (Å²) < 4.78 is 24.5. The van der Waals surface area contributed by atoms with Crippen LogP contribution < -0.4 is 0 Å². The molecular weight excluding hydrogens is 251 g/mol. The molecule has 0 saturated heterocycles. The van der Waals surface area contributed by atoms with E-state index in [1.165, 1.54) is 24.2 Å². The molecule has 0 fully saturated rings. The Morgan fingerprint density at radius 1 is 1.47 bits per heavy atom. The summed E-state index contributed by atoms with van der Waals surface area (Å²) in [4.78, 5) is 15.0. The van der Waals surface area contributed by atoms with Gasteiger partial charge in [0.2, 0.25) is 11.7 Å². The van der Waals surface area contributed by atoms with Gasteiger partial charge in [0.05, 0.1) is 19.0 Å². The van der Waals surface area contributed by atoms with E-state index in [-0.39, 0.29) is 5.76 Å². The number of ether oxygens (including phenoxy) is 1. The predicted molar refractivity (Wildman–Crippen MR) is 64.6 cm³/mol. The van der Waals surface area contributed by atoms with Crippen LogP contribution in [0.2, 0.25) is 0 Å². The van der Waals surface area contributed by atoms with E-state index >= 15 is 0 Å². The van der Waals surface area contributed by atoms with Crippen molar-refractivity contribution in [2.75, 3.05) is 7.11 Å². The number of furan rings is 1. The molecule has 0 N–H and O–H groups in total. The number of carbonyl (C=O) groups excluding carboxylic acids is 1. The third-order valence-corrected chi connectivity index (χ3v) is 2.75. The SMILES string of the molecule is COC(=O)c1cc2c(-n3cnc(F)c3)cccc2o1. The summed E-state index contributed by atoms with van der Waals surface area (Å²) in [6.07, 6.45) is 2.61. The van der Waals surface area contributed by atoms with Gasteiger partial charge >= 0.3 is 5.97 Å². The number of halogens is 1. The summed E-state index contributed by atoms with van der Waals surface area (Å²) in [5.74, 6) is -1.03. The van der Waals surface area contributed by atoms with E-state index in [0.29, 0.717) is 16.7 Å². The molecule has 0 spiro atoms. The van der Waals surface area contributed by atoms with E-state index < -0.39 is 11.9 Å². The topological polar surface area (TPSA) is 57.3 Å². The average molecular weight is 260 g/mol. The maximum Gasteiger partial charge on any atom is 0.373 e. The highest BCUT2D eigenvalue weighted by molar-refractivity contribution is 5.95. The summed E-state index contributed by atoms with van der Waals surface area (Å²) in [6, 6.07) is 6.81. The number of esters is 1. The minimum absolute atomic E-state index is 0.102. The molecule has 3 rings (SSSR count). The molecule has 19 heavy (non-hydrogen) atoms. The van der Waals surface area contributed by atoms with Crippen LogP contribution in [0.25, 0.3) is 16.7 Å². The lowest BCUT2D eigenvalue weighted by Crippen LogP contribution is -1.98. The van der Waals surface area contributed by atoms with Crippen molar-refractivity contribution >= 4 is 16.9 Å². The standard InChI is InChI=1S/C13H9FN2O3/c1-18-13(17)11-5-8-9(3-2-4-10(8)19-11)16-6-12(14)15-7-16/h2-7H,1H3. The van der Waals surface area contributed by atoms with Crippen molar-refractivity contribution in [2.45, 2.75) is 0 Å². The van der Waals surface area contributed by atoms with Crippen molar-refractivity contribution in [1.82, 2.24) is 9.55 Å². The van der Waals surface area contributed by atoms with Crippen LogP contribution in [0.15, 0.2) is 41.2 Å². The first-order valence-corrected chi connectivity index (χ1v) is 5.50. The molecule has 2 aromatic heterocycles. The zero-order chi connectivity index (χ0) is 13.4. The van der Waals surface area contributed by atoms with E-state index in [1.807, 2.05) is 0 Å². The summed E-state index contributed by atoms with van der Waals surface area (Å²) >= 11 is 0. The Kier molecular flexibility index (Phi) is 2.56. The highest BCUT2D eigenvalue weighted by atomic mass is 19.1. The summed E-state index contributed by atoms with van der Waals surface area (Å²) in [5.41, 5.74) is 1.19. The minimum atomic E-state index is -0.575. The molecule has 0 aliphatic rings. The Labute approximate surface area is 107 Å². The number of methoxy groups -OCH3 is 1. The molecule has 0 bridgehead atoms. The van der Waals surface area contributed by atoms with Crippen LogP contribution in [0.5, 0.6) is 0 Å². The van der Waals surface area contributed by atoms with Crippen LogP contribution in [-0.2, 0) is 4.74 Å². The lowest BCUT2D eigenvalue weighted by atomic mass is 10.2. The van der Waals surface area contributed by atoms with E-state index in [4.69, 9.17) is 4.42 Å². The lowest BCUT2D eigenvalue weighted by Gasteiger charge is -2.01. The van der Waals surface area contributed by atoms with Gasteiger partial charge in [-0.3, -0.25) is 0 Å². The average Bonchev–Trinajstić information content (AvgIpc) is 3.03. The monoisotopic (exact) mass is 260 g/mol. The molecule has 1 aromatic carbocycles. The first kappa shape index (κ1) is 11.5. The van der Waals surface area contributed by atoms with Crippen LogP contribution in [0.1, 0.15) is 10.6 Å². The Balaban J connectivity index is 2.20. The Morgan fingerprint density at radius 3 is 3.00 bits per heavy atom. The van der Waals surface area contributed by atoms with Gasteiger partial charge in [-0.15, -0.1) is 0 Å². The second kappa shape index (κ2) is 4.24. The van der Waals surface area contributed by atoms with Gasteiger partial charge in [-0.05, 0) is 12.1 Å². The third-order valence-electron chi connectivity index (χ3n) is 2.75. The van der Waals surface area contributed by atoms with Gasteiger partial charge in [0.15, 0.2) is 0 Å². The molecule has 0 saturated carbocycles. The van der Waals surface area contributed by atoms with E-state index in [9.17, 15) is 9.18 Å². The Bertz CT molecular complexity index is 760. The van der Waals surface area contributed by atoms with Crippen molar-refractivity contribution in [3.63, 3.8) is 0 Å². The fraction of sp³-hybridized carbons (Fsp3) is 0.0769. The molecule has 0 radical (unpaired) electrons. The van der Waals surface area contributed by atoms with Crippen LogP contribution in [0.3, 0.4) is 0 Å². The molecule has 3 aromatic rings. The summed E-state index contributed by atoms with van der Waals surface area (Å²) in [5, 5.41) is 0.681. The molecule has 0 unspecified atom stereocenters. The van der Waals surface area contributed by atoms with E-state index in [2.05, 4.69) is 9.72 Å². The van der Waals surface area contributed by atoms with Gasteiger partial charge in [0.25, 0.3) is 0 Å².